The first-order valence-electron chi connectivity index (χ1n) is 3.25. The van der Waals surface area contributed by atoms with Crippen LogP contribution in [-0.4, -0.2) is 45.5 Å². The molecule has 0 aliphatic heterocycles. The van der Waals surface area contributed by atoms with Gasteiger partial charge < -0.3 is 15.3 Å². The highest BCUT2D eigenvalue weighted by atomic mass is 32.2. The Kier molecular flexibility index (Phi) is 6.30. The maximum atomic E-state index is 9.99. The fraction of sp³-hybridized carbons (Fsp3) is 0.833. The van der Waals surface area contributed by atoms with Crippen molar-refractivity contribution in [3.63, 3.8) is 0 Å². The summed E-state index contributed by atoms with van der Waals surface area (Å²) in [6.45, 7) is -0.264. The van der Waals surface area contributed by atoms with Crippen molar-refractivity contribution in [1.29, 1.82) is 0 Å². The SMILES string of the molecule is O=C(O)CCSCC(O)CO. The van der Waals surface area contributed by atoms with Crippen LogP contribution < -0.4 is 0 Å². The predicted molar refractivity (Wildman–Crippen MR) is 42.7 cm³/mol. The second-order valence-electron chi connectivity index (χ2n) is 2.06. The van der Waals surface area contributed by atoms with Crippen LogP contribution in [0.15, 0.2) is 0 Å². The van der Waals surface area contributed by atoms with Gasteiger partial charge in [0.05, 0.1) is 19.1 Å². The number of carboxylic acid groups (broad SMARTS) is 1. The largest absolute Gasteiger partial charge is 0.481 e. The third-order valence-corrected chi connectivity index (χ3v) is 2.09. The van der Waals surface area contributed by atoms with Gasteiger partial charge in [0.2, 0.25) is 0 Å². The monoisotopic (exact) mass is 180 g/mol. The minimum atomic E-state index is -0.837. The lowest BCUT2D eigenvalue weighted by atomic mass is 10.4. The maximum Gasteiger partial charge on any atom is 0.304 e. The molecule has 5 heteroatoms. The molecule has 3 N–H and O–H groups in total. The summed E-state index contributed by atoms with van der Waals surface area (Å²) in [5, 5.41) is 25.4. The fourth-order valence-electron chi connectivity index (χ4n) is 0.432. The van der Waals surface area contributed by atoms with E-state index in [1.807, 2.05) is 0 Å². The Bertz CT molecular complexity index is 117. The van der Waals surface area contributed by atoms with E-state index >= 15 is 0 Å². The summed E-state index contributed by atoms with van der Waals surface area (Å²) in [6, 6.07) is 0. The molecule has 11 heavy (non-hydrogen) atoms. The zero-order valence-electron chi connectivity index (χ0n) is 6.06. The first kappa shape index (κ1) is 10.7. The number of aliphatic carboxylic acids is 1. The topological polar surface area (TPSA) is 77.8 Å². The molecule has 4 nitrogen and oxygen atoms in total. The van der Waals surface area contributed by atoms with Gasteiger partial charge in [-0.3, -0.25) is 4.79 Å². The summed E-state index contributed by atoms with van der Waals surface area (Å²) in [5.74, 6) is 0.0342. The second kappa shape index (κ2) is 6.45. The number of carboxylic acids is 1. The lowest BCUT2D eigenvalue weighted by molar-refractivity contribution is -0.136. The van der Waals surface area contributed by atoms with Crippen LogP contribution in [0.5, 0.6) is 0 Å². The minimum Gasteiger partial charge on any atom is -0.481 e. The Morgan fingerprint density at radius 2 is 2.18 bits per heavy atom. The van der Waals surface area contributed by atoms with Gasteiger partial charge in [0.1, 0.15) is 0 Å². The molecule has 0 aliphatic carbocycles. The van der Waals surface area contributed by atoms with Crippen LogP contribution in [0, 0.1) is 0 Å². The van der Waals surface area contributed by atoms with Gasteiger partial charge in [-0.15, -0.1) is 0 Å². The minimum absolute atomic E-state index is 0.100. The van der Waals surface area contributed by atoms with Crippen LogP contribution >= 0.6 is 11.8 Å². The fourth-order valence-corrected chi connectivity index (χ4v) is 1.29. The first-order valence-corrected chi connectivity index (χ1v) is 4.40. The zero-order chi connectivity index (χ0) is 8.69. The molecule has 1 atom stereocenters. The summed E-state index contributed by atoms with van der Waals surface area (Å²) in [4.78, 5) is 9.99. The van der Waals surface area contributed by atoms with Crippen LogP contribution in [0.2, 0.25) is 0 Å². The lowest BCUT2D eigenvalue weighted by Crippen LogP contribution is -2.15. The number of aliphatic hydroxyl groups is 2. The summed E-state index contributed by atoms with van der Waals surface area (Å²) >= 11 is 1.32. The van der Waals surface area contributed by atoms with E-state index in [-0.39, 0.29) is 13.0 Å². The van der Waals surface area contributed by atoms with Gasteiger partial charge in [0, 0.05) is 11.5 Å². The Balaban J connectivity index is 3.08. The molecule has 0 aliphatic rings. The molecule has 0 saturated heterocycles. The standard InChI is InChI=1S/C6H12O4S/c7-3-5(8)4-11-2-1-6(9)10/h5,7-8H,1-4H2,(H,9,10). The van der Waals surface area contributed by atoms with Gasteiger partial charge in [0.25, 0.3) is 0 Å². The van der Waals surface area contributed by atoms with Crippen LogP contribution in [0.25, 0.3) is 0 Å². The molecule has 1 unspecified atom stereocenters. The molecule has 0 aromatic carbocycles. The number of carbonyl (C=O) groups is 1. The summed E-state index contributed by atoms with van der Waals surface area (Å²) in [7, 11) is 0. The van der Waals surface area contributed by atoms with Crippen molar-refractivity contribution < 1.29 is 20.1 Å². The highest BCUT2D eigenvalue weighted by Crippen LogP contribution is 2.04. The third kappa shape index (κ3) is 7.64. The first-order chi connectivity index (χ1) is 5.16. The Labute approximate surface area is 69.2 Å². The van der Waals surface area contributed by atoms with E-state index in [0.717, 1.165) is 0 Å². The highest BCUT2D eigenvalue weighted by Gasteiger charge is 2.02. The van der Waals surface area contributed by atoms with Crippen LogP contribution in [0.4, 0.5) is 0 Å². The van der Waals surface area contributed by atoms with Gasteiger partial charge in [-0.25, -0.2) is 0 Å². The number of thioether (sulfide) groups is 1. The second-order valence-corrected chi connectivity index (χ2v) is 3.20. The normalized spacial score (nSPS) is 12.9. The molecule has 0 aromatic rings. The number of hydrogen-bond acceptors (Lipinski definition) is 4. The number of rotatable bonds is 6. The van der Waals surface area contributed by atoms with Crippen LogP contribution in [-0.2, 0) is 4.79 Å². The molecule has 66 valence electrons. The quantitative estimate of drug-likeness (QED) is 0.482. The lowest BCUT2D eigenvalue weighted by Gasteiger charge is -2.04. The van der Waals surface area contributed by atoms with E-state index in [9.17, 15) is 4.79 Å². The average Bonchev–Trinajstić information content (AvgIpc) is 1.97. The van der Waals surface area contributed by atoms with E-state index in [4.69, 9.17) is 15.3 Å². The summed E-state index contributed by atoms with van der Waals surface area (Å²) in [5.41, 5.74) is 0. The van der Waals surface area contributed by atoms with Crippen molar-refractivity contribution in [2.45, 2.75) is 12.5 Å². The maximum absolute atomic E-state index is 9.99. The van der Waals surface area contributed by atoms with Gasteiger partial charge >= 0.3 is 5.97 Å². The number of hydrogen-bond donors (Lipinski definition) is 3. The summed E-state index contributed by atoms with van der Waals surface area (Å²) in [6.07, 6.45) is -0.628. The molecule has 0 rings (SSSR count). The van der Waals surface area contributed by atoms with E-state index in [0.29, 0.717) is 11.5 Å². The number of aliphatic hydroxyl groups excluding tert-OH is 2. The molecule has 0 amide bonds. The molecule has 0 fully saturated rings. The molecule has 0 saturated carbocycles. The van der Waals surface area contributed by atoms with Crippen molar-refractivity contribution in [2.75, 3.05) is 18.1 Å². The highest BCUT2D eigenvalue weighted by molar-refractivity contribution is 7.99. The molecule has 0 bridgehead atoms. The Hall–Kier alpha value is -0.260. The van der Waals surface area contributed by atoms with Crippen LogP contribution in [0.3, 0.4) is 0 Å². The molecule has 0 heterocycles. The Morgan fingerprint density at radius 1 is 1.55 bits per heavy atom. The molecule has 0 aromatic heterocycles. The van der Waals surface area contributed by atoms with Crippen molar-refractivity contribution >= 4 is 17.7 Å². The molecular formula is C6H12O4S. The summed E-state index contributed by atoms with van der Waals surface area (Å²) < 4.78 is 0. The Morgan fingerprint density at radius 3 is 2.64 bits per heavy atom. The predicted octanol–water partition coefficient (Wildman–Crippen LogP) is -0.452. The van der Waals surface area contributed by atoms with Crippen LogP contribution in [0.1, 0.15) is 6.42 Å². The van der Waals surface area contributed by atoms with Gasteiger partial charge in [-0.2, -0.15) is 11.8 Å². The molecule has 0 spiro atoms. The van der Waals surface area contributed by atoms with Crippen molar-refractivity contribution in [3.8, 4) is 0 Å². The van der Waals surface area contributed by atoms with E-state index in [1.54, 1.807) is 0 Å². The average molecular weight is 180 g/mol. The van der Waals surface area contributed by atoms with Crippen molar-refractivity contribution in [2.24, 2.45) is 0 Å². The zero-order valence-corrected chi connectivity index (χ0v) is 6.88. The van der Waals surface area contributed by atoms with Gasteiger partial charge in [-0.1, -0.05) is 0 Å². The van der Waals surface area contributed by atoms with Crippen molar-refractivity contribution in [1.82, 2.24) is 0 Å². The third-order valence-electron chi connectivity index (χ3n) is 0.981. The van der Waals surface area contributed by atoms with Gasteiger partial charge in [0.15, 0.2) is 0 Å². The smallest absolute Gasteiger partial charge is 0.304 e. The molecular weight excluding hydrogens is 168 g/mol. The van der Waals surface area contributed by atoms with Crippen molar-refractivity contribution in [3.05, 3.63) is 0 Å². The van der Waals surface area contributed by atoms with E-state index < -0.39 is 12.1 Å². The molecule has 0 radical (unpaired) electrons. The van der Waals surface area contributed by atoms with E-state index in [1.165, 1.54) is 11.8 Å². The van der Waals surface area contributed by atoms with E-state index in [2.05, 4.69) is 0 Å². The van der Waals surface area contributed by atoms with Gasteiger partial charge in [-0.05, 0) is 0 Å².